The highest BCUT2D eigenvalue weighted by atomic mass is 16.4. The molecule has 4 heteroatoms. The van der Waals surface area contributed by atoms with Gasteiger partial charge in [0.25, 0.3) is 5.91 Å². The Bertz CT molecular complexity index is 826. The van der Waals surface area contributed by atoms with E-state index in [-0.39, 0.29) is 5.91 Å². The zero-order chi connectivity index (χ0) is 18.4. The lowest BCUT2D eigenvalue weighted by Crippen LogP contribution is -2.47. The summed E-state index contributed by atoms with van der Waals surface area (Å²) < 4.78 is 0. The highest BCUT2D eigenvalue weighted by Crippen LogP contribution is 2.35. The number of carbonyl (C=O) groups is 2. The summed E-state index contributed by atoms with van der Waals surface area (Å²) in [6, 6.07) is 19.0. The number of benzene rings is 2. The van der Waals surface area contributed by atoms with Crippen LogP contribution >= 0.6 is 0 Å². The molecule has 2 aromatic carbocycles. The lowest BCUT2D eigenvalue weighted by Gasteiger charge is -2.38. The fraction of sp³-hybridized carbons (Fsp3) is 0.273. The fourth-order valence-electron chi connectivity index (χ4n) is 3.32. The Hall–Kier alpha value is -3.06. The van der Waals surface area contributed by atoms with Crippen molar-refractivity contribution in [1.29, 1.82) is 0 Å². The minimum absolute atomic E-state index is 0.243. The summed E-state index contributed by atoms with van der Waals surface area (Å²) in [5.41, 5.74) is 0.991. The first-order valence-electron chi connectivity index (χ1n) is 8.72. The molecular weight excluding hydrogens is 326 g/mol. The second kappa shape index (κ2) is 7.88. The number of amides is 1. The van der Waals surface area contributed by atoms with Gasteiger partial charge in [0, 0.05) is 24.6 Å². The normalized spacial score (nSPS) is 15.6. The topological polar surface area (TPSA) is 57.6 Å². The molecule has 3 rings (SSSR count). The van der Waals surface area contributed by atoms with Crippen LogP contribution in [0, 0.1) is 17.3 Å². The third kappa shape index (κ3) is 4.12. The van der Waals surface area contributed by atoms with Crippen LogP contribution in [0.3, 0.4) is 0 Å². The second-order valence-electron chi connectivity index (χ2n) is 6.66. The first-order valence-corrected chi connectivity index (χ1v) is 8.72. The van der Waals surface area contributed by atoms with Crippen LogP contribution in [0.1, 0.15) is 24.0 Å². The first kappa shape index (κ1) is 17.8. The second-order valence-corrected chi connectivity index (χ2v) is 6.66. The predicted octanol–water partition coefficient (Wildman–Crippen LogP) is 2.97. The molecule has 1 heterocycles. The maximum atomic E-state index is 12.3. The quantitative estimate of drug-likeness (QED) is 0.869. The summed E-state index contributed by atoms with van der Waals surface area (Å²) in [6.07, 6.45) is 1.37. The molecule has 0 bridgehead atoms. The molecular formula is C22H21NO3. The molecule has 1 N–H and O–H groups in total. The molecule has 0 aliphatic carbocycles. The molecule has 1 aliphatic rings. The van der Waals surface area contributed by atoms with E-state index in [1.807, 2.05) is 60.7 Å². The Labute approximate surface area is 153 Å². The van der Waals surface area contributed by atoms with Gasteiger partial charge in [0.15, 0.2) is 0 Å². The molecule has 0 radical (unpaired) electrons. The van der Waals surface area contributed by atoms with Crippen LogP contribution in [0.25, 0.3) is 0 Å². The molecule has 1 saturated heterocycles. The minimum Gasteiger partial charge on any atom is -0.481 e. The van der Waals surface area contributed by atoms with E-state index >= 15 is 0 Å². The number of likely N-dealkylation sites (tertiary alicyclic amines) is 1. The molecule has 0 unspecified atom stereocenters. The Kier molecular flexibility index (Phi) is 5.38. The zero-order valence-electron chi connectivity index (χ0n) is 14.5. The third-order valence-corrected chi connectivity index (χ3v) is 4.93. The number of aliphatic carboxylic acids is 1. The Morgan fingerprint density at radius 2 is 1.54 bits per heavy atom. The largest absolute Gasteiger partial charge is 0.481 e. The molecule has 1 amide bonds. The van der Waals surface area contributed by atoms with Crippen LogP contribution in [0.5, 0.6) is 0 Å². The van der Waals surface area contributed by atoms with Crippen molar-refractivity contribution >= 4 is 11.9 Å². The van der Waals surface area contributed by atoms with Crippen LogP contribution in [-0.4, -0.2) is 35.0 Å². The van der Waals surface area contributed by atoms with Crippen molar-refractivity contribution in [3.05, 3.63) is 71.8 Å². The Balaban J connectivity index is 1.65. The summed E-state index contributed by atoms with van der Waals surface area (Å²) in [4.78, 5) is 25.9. The van der Waals surface area contributed by atoms with E-state index in [0.29, 0.717) is 32.4 Å². The van der Waals surface area contributed by atoms with Gasteiger partial charge < -0.3 is 10.0 Å². The molecule has 0 saturated carbocycles. The molecule has 2 aromatic rings. The van der Waals surface area contributed by atoms with Crippen molar-refractivity contribution in [2.24, 2.45) is 5.41 Å². The van der Waals surface area contributed by atoms with Crippen LogP contribution in [-0.2, 0) is 16.0 Å². The number of carboxylic acids is 1. The van der Waals surface area contributed by atoms with E-state index in [2.05, 4.69) is 11.8 Å². The van der Waals surface area contributed by atoms with Gasteiger partial charge in [0.05, 0.1) is 5.41 Å². The smallest absolute Gasteiger partial charge is 0.310 e. The molecule has 0 spiro atoms. The third-order valence-electron chi connectivity index (χ3n) is 4.93. The van der Waals surface area contributed by atoms with Crippen LogP contribution in [0.2, 0.25) is 0 Å². The number of carbonyl (C=O) groups excluding carboxylic acids is 1. The predicted molar refractivity (Wildman–Crippen MR) is 99.3 cm³/mol. The van der Waals surface area contributed by atoms with Crippen molar-refractivity contribution in [2.45, 2.75) is 19.3 Å². The van der Waals surface area contributed by atoms with Gasteiger partial charge in [0.1, 0.15) is 0 Å². The SMILES string of the molecule is O=C(C#Cc1ccccc1)N1CCC(Cc2ccccc2)(C(=O)O)CC1. The number of carboxylic acid groups (broad SMARTS) is 1. The van der Waals surface area contributed by atoms with Crippen molar-refractivity contribution in [3.63, 3.8) is 0 Å². The fourth-order valence-corrected chi connectivity index (χ4v) is 3.32. The highest BCUT2D eigenvalue weighted by Gasteiger charge is 2.42. The average Bonchev–Trinajstić information content (AvgIpc) is 2.68. The minimum atomic E-state index is -0.814. The lowest BCUT2D eigenvalue weighted by molar-refractivity contribution is -0.153. The van der Waals surface area contributed by atoms with Crippen LogP contribution in [0.4, 0.5) is 0 Å². The van der Waals surface area contributed by atoms with Gasteiger partial charge in [-0.25, -0.2) is 0 Å². The summed E-state index contributed by atoms with van der Waals surface area (Å²) in [6.45, 7) is 0.836. The van der Waals surface area contributed by atoms with E-state index in [1.165, 1.54) is 0 Å². The Morgan fingerprint density at radius 3 is 2.12 bits per heavy atom. The molecule has 1 fully saturated rings. The average molecular weight is 347 g/mol. The maximum Gasteiger partial charge on any atom is 0.310 e. The van der Waals surface area contributed by atoms with Gasteiger partial charge in [-0.15, -0.1) is 0 Å². The van der Waals surface area contributed by atoms with Crippen LogP contribution < -0.4 is 0 Å². The number of hydrogen-bond donors (Lipinski definition) is 1. The Morgan fingerprint density at radius 1 is 0.962 bits per heavy atom. The van der Waals surface area contributed by atoms with Crippen LogP contribution in [0.15, 0.2) is 60.7 Å². The number of piperidine rings is 1. The molecule has 0 atom stereocenters. The van der Waals surface area contributed by atoms with Crippen molar-refractivity contribution < 1.29 is 14.7 Å². The van der Waals surface area contributed by atoms with Crippen molar-refractivity contribution in [1.82, 2.24) is 4.90 Å². The maximum absolute atomic E-state index is 12.3. The van der Waals surface area contributed by atoms with E-state index in [9.17, 15) is 14.7 Å². The van der Waals surface area contributed by atoms with E-state index in [1.54, 1.807) is 4.90 Å². The van der Waals surface area contributed by atoms with Gasteiger partial charge >= 0.3 is 5.97 Å². The summed E-state index contributed by atoms with van der Waals surface area (Å²) in [5, 5.41) is 9.80. The molecule has 0 aromatic heterocycles. The molecule has 4 nitrogen and oxygen atoms in total. The summed E-state index contributed by atoms with van der Waals surface area (Å²) in [7, 11) is 0. The number of hydrogen-bond acceptors (Lipinski definition) is 2. The van der Waals surface area contributed by atoms with Gasteiger partial charge in [-0.2, -0.15) is 0 Å². The van der Waals surface area contributed by atoms with E-state index in [4.69, 9.17) is 0 Å². The number of rotatable bonds is 3. The summed E-state index contributed by atoms with van der Waals surface area (Å²) >= 11 is 0. The van der Waals surface area contributed by atoms with Crippen molar-refractivity contribution in [3.8, 4) is 11.8 Å². The van der Waals surface area contributed by atoms with Gasteiger partial charge in [0.2, 0.25) is 0 Å². The van der Waals surface area contributed by atoms with E-state index in [0.717, 1.165) is 11.1 Å². The number of nitrogens with zero attached hydrogens (tertiary/aromatic N) is 1. The van der Waals surface area contributed by atoms with Gasteiger partial charge in [-0.1, -0.05) is 54.5 Å². The zero-order valence-corrected chi connectivity index (χ0v) is 14.5. The highest BCUT2D eigenvalue weighted by molar-refractivity contribution is 5.94. The molecule has 26 heavy (non-hydrogen) atoms. The van der Waals surface area contributed by atoms with Crippen molar-refractivity contribution in [2.75, 3.05) is 13.1 Å². The first-order chi connectivity index (χ1) is 12.6. The van der Waals surface area contributed by atoms with Gasteiger partial charge in [-0.05, 0) is 37.0 Å². The molecule has 1 aliphatic heterocycles. The summed E-state index contributed by atoms with van der Waals surface area (Å²) in [5.74, 6) is 4.50. The van der Waals surface area contributed by atoms with E-state index < -0.39 is 11.4 Å². The standard InChI is InChI=1S/C22H21NO3/c24-20(12-11-18-7-3-1-4-8-18)23-15-13-22(14-16-23,21(25)26)17-19-9-5-2-6-10-19/h1-10H,13-17H2,(H,25,26). The monoisotopic (exact) mass is 347 g/mol. The van der Waals surface area contributed by atoms with Gasteiger partial charge in [-0.3, -0.25) is 9.59 Å². The molecule has 132 valence electrons. The lowest BCUT2D eigenvalue weighted by atomic mass is 9.74.